The second kappa shape index (κ2) is 19.8. The maximum Gasteiger partial charge on any atom is 0.411 e. The van der Waals surface area contributed by atoms with Gasteiger partial charge in [0.15, 0.2) is 17.7 Å². The van der Waals surface area contributed by atoms with E-state index in [4.69, 9.17) is 40.3 Å². The van der Waals surface area contributed by atoms with E-state index in [1.54, 1.807) is 51.8 Å². The van der Waals surface area contributed by atoms with Gasteiger partial charge in [-0.25, -0.2) is 14.8 Å². The van der Waals surface area contributed by atoms with Gasteiger partial charge in [0, 0.05) is 62.0 Å². The lowest BCUT2D eigenvalue weighted by molar-refractivity contribution is -0.295. The molecular weight excluding hydrogens is 806 g/mol. The van der Waals surface area contributed by atoms with Gasteiger partial charge in [-0.1, -0.05) is 45.9 Å². The third-order valence-corrected chi connectivity index (χ3v) is 13.4. The first-order valence-electron chi connectivity index (χ1n) is 21.5. The standard InChI is InChI=1S/C45H66ClN5O10/c1-13-34-45(14-2)39(51(43(56)61-45)20-16-15-19-50-24-32(48-30(50)8)31-17-18-35(46)47-23-31)27(5)36(52)25(3)22-44(9,57-12)40(28(6)37(53)29(7)41(55)59-34)60-42-38(54)33(49(10)11)21-26(4)58-42/h14,17-18,23-29,33-34,38-40,42,54H,2,13,15-16,19-22H2,1,3-12H3/t25-,26-,27+,28+,29-,33+,34-,38-,39+,40-,42?,44+,45-/m1/s1. The number of pyridine rings is 1. The number of unbranched alkanes of at least 4 members (excludes halogenated alkanes) is 1. The molecular formula is C45H66ClN5O10. The Balaban J connectivity index is 1.46. The van der Waals surface area contributed by atoms with Crippen LogP contribution in [0.4, 0.5) is 4.79 Å². The van der Waals surface area contributed by atoms with Crippen LogP contribution in [0.2, 0.25) is 5.15 Å². The monoisotopic (exact) mass is 871 g/mol. The molecule has 61 heavy (non-hydrogen) atoms. The second-order valence-corrected chi connectivity index (χ2v) is 18.1. The number of Topliss-reactive ketones (excluding diaryl/α,β-unsaturated/α-hetero) is 2. The first kappa shape index (κ1) is 48.3. The minimum Gasteiger partial charge on any atom is -0.457 e. The topological polar surface area (TPSA) is 172 Å². The number of aliphatic hydroxyl groups is 1. The van der Waals surface area contributed by atoms with Gasteiger partial charge in [0.1, 0.15) is 34.9 Å². The number of likely N-dealkylation sites (N-methyl/N-ethyl adjacent to an activating group) is 1. The Hall–Kier alpha value is -3.73. The summed E-state index contributed by atoms with van der Waals surface area (Å²) in [4.78, 5) is 69.7. The number of hydrogen-bond acceptors (Lipinski definition) is 13. The molecule has 3 aliphatic rings. The fourth-order valence-corrected chi connectivity index (χ4v) is 9.76. The molecule has 3 fully saturated rings. The molecule has 0 aliphatic carbocycles. The van der Waals surface area contributed by atoms with E-state index < -0.39 is 83.4 Å². The fourth-order valence-electron chi connectivity index (χ4n) is 9.65. The van der Waals surface area contributed by atoms with Gasteiger partial charge in [0.05, 0.1) is 29.5 Å². The van der Waals surface area contributed by atoms with E-state index in [2.05, 4.69) is 11.6 Å². The number of ether oxygens (including phenoxy) is 5. The Morgan fingerprint density at radius 2 is 1.75 bits per heavy atom. The zero-order valence-corrected chi connectivity index (χ0v) is 38.4. The maximum atomic E-state index is 14.8. The molecule has 16 heteroatoms. The number of rotatable bonds is 12. The predicted molar refractivity (Wildman–Crippen MR) is 229 cm³/mol. The van der Waals surface area contributed by atoms with E-state index in [0.717, 1.165) is 17.1 Å². The number of carbonyl (C=O) groups is 4. The molecule has 5 heterocycles. The number of fused-ring (bicyclic) bond motifs is 1. The number of esters is 1. The quantitative estimate of drug-likeness (QED) is 0.0860. The number of amides is 1. The number of aryl methyl sites for hydroxylation is 2. The molecule has 0 radical (unpaired) electrons. The van der Waals surface area contributed by atoms with Crippen LogP contribution >= 0.6 is 11.6 Å². The average molecular weight is 873 g/mol. The first-order chi connectivity index (χ1) is 28.7. The molecule has 2 aromatic rings. The van der Waals surface area contributed by atoms with Gasteiger partial charge in [-0.15, -0.1) is 0 Å². The molecule has 2 aromatic heterocycles. The van der Waals surface area contributed by atoms with Crippen LogP contribution in [0.5, 0.6) is 0 Å². The largest absolute Gasteiger partial charge is 0.457 e. The van der Waals surface area contributed by atoms with Crippen LogP contribution < -0.4 is 0 Å². The number of nitrogens with zero attached hydrogens (tertiary/aromatic N) is 5. The number of carbonyl (C=O) groups excluding carboxylic acids is 4. The molecule has 1 amide bonds. The first-order valence-corrected chi connectivity index (χ1v) is 21.9. The number of aromatic nitrogens is 3. The molecule has 3 aliphatic heterocycles. The lowest BCUT2D eigenvalue weighted by atomic mass is 9.72. The molecule has 0 spiro atoms. The molecule has 0 saturated carbocycles. The van der Waals surface area contributed by atoms with Crippen molar-refractivity contribution in [2.24, 2.45) is 23.7 Å². The lowest BCUT2D eigenvalue weighted by Crippen LogP contribution is -2.60. The van der Waals surface area contributed by atoms with Crippen molar-refractivity contribution in [3.8, 4) is 11.3 Å². The van der Waals surface area contributed by atoms with Gasteiger partial charge in [-0.2, -0.15) is 0 Å². The lowest BCUT2D eigenvalue weighted by Gasteiger charge is -2.47. The zero-order chi connectivity index (χ0) is 45.1. The number of imidazole rings is 1. The van der Waals surface area contributed by atoms with E-state index in [1.165, 1.54) is 20.1 Å². The van der Waals surface area contributed by atoms with Crippen molar-refractivity contribution in [1.29, 1.82) is 0 Å². The molecule has 1 unspecified atom stereocenters. The summed E-state index contributed by atoms with van der Waals surface area (Å²) in [5.41, 5.74) is -1.30. The van der Waals surface area contributed by atoms with Crippen molar-refractivity contribution >= 4 is 35.2 Å². The Morgan fingerprint density at radius 3 is 2.36 bits per heavy atom. The molecule has 13 atom stereocenters. The van der Waals surface area contributed by atoms with E-state index in [1.807, 2.05) is 49.7 Å². The highest BCUT2D eigenvalue weighted by atomic mass is 35.5. The highest BCUT2D eigenvalue weighted by Gasteiger charge is 2.61. The summed E-state index contributed by atoms with van der Waals surface area (Å²) < 4.78 is 33.4. The minimum absolute atomic E-state index is 0.0986. The third kappa shape index (κ3) is 9.92. The van der Waals surface area contributed by atoms with Gasteiger partial charge in [0.25, 0.3) is 0 Å². The average Bonchev–Trinajstić information content (AvgIpc) is 3.75. The van der Waals surface area contributed by atoms with Crippen molar-refractivity contribution in [1.82, 2.24) is 24.3 Å². The molecule has 3 saturated heterocycles. The number of cyclic esters (lactones) is 1. The van der Waals surface area contributed by atoms with Crippen LogP contribution in [0.15, 0.2) is 37.2 Å². The van der Waals surface area contributed by atoms with Gasteiger partial charge < -0.3 is 38.3 Å². The number of methoxy groups -OCH3 is 1. The van der Waals surface area contributed by atoms with Crippen LogP contribution in [0.3, 0.4) is 0 Å². The summed E-state index contributed by atoms with van der Waals surface area (Å²) in [6.07, 6.45) is 1.89. The van der Waals surface area contributed by atoms with E-state index in [-0.39, 0.29) is 37.3 Å². The maximum absolute atomic E-state index is 14.8. The molecule has 338 valence electrons. The van der Waals surface area contributed by atoms with E-state index in [0.29, 0.717) is 31.0 Å². The summed E-state index contributed by atoms with van der Waals surface area (Å²) in [6, 6.07) is 2.38. The molecule has 0 aromatic carbocycles. The summed E-state index contributed by atoms with van der Waals surface area (Å²) in [7, 11) is 5.22. The smallest absolute Gasteiger partial charge is 0.411 e. The van der Waals surface area contributed by atoms with Gasteiger partial charge >= 0.3 is 12.1 Å². The number of aliphatic hydroxyl groups excluding tert-OH is 1. The van der Waals surface area contributed by atoms with E-state index >= 15 is 0 Å². The van der Waals surface area contributed by atoms with Crippen LogP contribution in [-0.4, -0.2) is 135 Å². The predicted octanol–water partition coefficient (Wildman–Crippen LogP) is 6.06. The molecule has 1 N–H and O–H groups in total. The summed E-state index contributed by atoms with van der Waals surface area (Å²) in [5, 5.41) is 11.9. The number of hydrogen-bond donors (Lipinski definition) is 1. The Morgan fingerprint density at radius 1 is 1.07 bits per heavy atom. The summed E-state index contributed by atoms with van der Waals surface area (Å²) in [5.74, 6) is -4.44. The normalized spacial score (nSPS) is 35.4. The SMILES string of the molecule is C=C[C@]12OC(=O)N(CCCCn3cc(-c4ccc(Cl)nc4)nc3C)[C@H]1[C@@H](C)C(=O)[C@H](C)C[C@](C)(OC)[C@H](OC1O[C@H](C)C[C@H](N(C)C)[C@H]1O)[C@@H](C)C(=O)[C@@H](C)C(=O)O[C@@H]2CC. The molecule has 5 rings (SSSR count). The highest BCUT2D eigenvalue weighted by molar-refractivity contribution is 6.29. The third-order valence-electron chi connectivity index (χ3n) is 13.2. The molecule has 0 bridgehead atoms. The van der Waals surface area contributed by atoms with Crippen molar-refractivity contribution in [2.45, 2.75) is 148 Å². The second-order valence-electron chi connectivity index (χ2n) is 17.7. The highest BCUT2D eigenvalue weighted by Crippen LogP contribution is 2.44. The summed E-state index contributed by atoms with van der Waals surface area (Å²) >= 11 is 5.98. The van der Waals surface area contributed by atoms with Crippen molar-refractivity contribution in [3.63, 3.8) is 0 Å². The summed E-state index contributed by atoms with van der Waals surface area (Å²) in [6.45, 7) is 19.0. The van der Waals surface area contributed by atoms with Crippen molar-refractivity contribution in [2.75, 3.05) is 27.7 Å². The molecule has 15 nitrogen and oxygen atoms in total. The van der Waals surface area contributed by atoms with Crippen LogP contribution in [0, 0.1) is 30.6 Å². The number of halogens is 1. The van der Waals surface area contributed by atoms with Crippen LogP contribution in [-0.2, 0) is 44.6 Å². The van der Waals surface area contributed by atoms with Crippen molar-refractivity contribution < 1.29 is 48.0 Å². The zero-order valence-electron chi connectivity index (χ0n) is 37.6. The Kier molecular flexibility index (Phi) is 15.6. The van der Waals surface area contributed by atoms with Gasteiger partial charge in [-0.3, -0.25) is 19.3 Å². The number of ketones is 2. The van der Waals surface area contributed by atoms with Crippen LogP contribution in [0.1, 0.15) is 86.4 Å². The Bertz CT molecular complexity index is 1890. The van der Waals surface area contributed by atoms with E-state index in [9.17, 15) is 24.3 Å². The van der Waals surface area contributed by atoms with Gasteiger partial charge in [-0.05, 0) is 92.1 Å². The minimum atomic E-state index is -1.61. The van der Waals surface area contributed by atoms with Crippen LogP contribution in [0.25, 0.3) is 11.3 Å². The van der Waals surface area contributed by atoms with Crippen molar-refractivity contribution in [3.05, 3.63) is 48.2 Å². The van der Waals surface area contributed by atoms with Gasteiger partial charge in [0.2, 0.25) is 0 Å². The Labute approximate surface area is 365 Å². The fraction of sp³-hybridized carbons (Fsp3) is 0.689.